The summed E-state index contributed by atoms with van der Waals surface area (Å²) < 4.78 is 30.1. The summed E-state index contributed by atoms with van der Waals surface area (Å²) in [7, 11) is -1.41. The molecule has 1 heterocycles. The van der Waals surface area contributed by atoms with Crippen molar-refractivity contribution in [2.24, 2.45) is 5.92 Å². The van der Waals surface area contributed by atoms with Crippen molar-refractivity contribution >= 4 is 10.0 Å². The number of rotatable bonds is 6. The summed E-state index contributed by atoms with van der Waals surface area (Å²) in [6, 6.07) is 8.39. The Morgan fingerprint density at radius 2 is 2.00 bits per heavy atom. The fourth-order valence-electron chi connectivity index (χ4n) is 2.97. The van der Waals surface area contributed by atoms with Crippen LogP contribution in [0.4, 0.5) is 0 Å². The second kappa shape index (κ2) is 7.44. The highest BCUT2D eigenvalue weighted by Crippen LogP contribution is 2.22. The van der Waals surface area contributed by atoms with Crippen molar-refractivity contribution in [1.29, 1.82) is 0 Å². The number of sulfonamides is 1. The molecule has 124 valence electrons. The fraction of sp³-hybridized carbons (Fsp3) is 0.625. The van der Waals surface area contributed by atoms with E-state index in [0.717, 1.165) is 25.1 Å². The zero-order valence-corrected chi connectivity index (χ0v) is 14.4. The molecule has 22 heavy (non-hydrogen) atoms. The number of piperidine rings is 1. The maximum absolute atomic E-state index is 11.7. The average Bonchev–Trinajstić information content (AvgIpc) is 2.52. The molecule has 0 amide bonds. The van der Waals surface area contributed by atoms with Gasteiger partial charge in [0.05, 0.1) is 13.4 Å². The molecule has 1 aliphatic rings. The van der Waals surface area contributed by atoms with Crippen LogP contribution in [0.25, 0.3) is 0 Å². The number of benzene rings is 1. The first kappa shape index (κ1) is 17.2. The molecule has 1 aromatic carbocycles. The van der Waals surface area contributed by atoms with E-state index < -0.39 is 10.0 Å². The lowest BCUT2D eigenvalue weighted by Gasteiger charge is -2.37. The monoisotopic (exact) mass is 326 g/mol. The van der Waals surface area contributed by atoms with E-state index in [1.54, 1.807) is 11.4 Å². The molecule has 2 rings (SSSR count). The number of nitrogens with one attached hydrogen (secondary N) is 1. The highest BCUT2D eigenvalue weighted by atomic mass is 32.2. The quantitative estimate of drug-likeness (QED) is 0.867. The molecular formula is C16H26N2O3S. The molecule has 0 bridgehead atoms. The Balaban J connectivity index is 1.92. The first-order valence-corrected chi connectivity index (χ1v) is 9.60. The lowest BCUT2D eigenvalue weighted by Crippen LogP contribution is -2.50. The summed E-state index contributed by atoms with van der Waals surface area (Å²) in [5, 5.41) is 3.59. The number of ether oxygens (including phenoxy) is 1. The molecule has 0 aromatic heterocycles. The van der Waals surface area contributed by atoms with E-state index in [1.807, 2.05) is 12.1 Å². The summed E-state index contributed by atoms with van der Waals surface area (Å²) in [5.74, 6) is 1.22. The SMILES string of the molecule is CC[C@H]1CN(S(C)(=O)=O)CC[C@@H]1NCc1ccc(OC)cc1. The van der Waals surface area contributed by atoms with Gasteiger partial charge in [0.2, 0.25) is 10.0 Å². The van der Waals surface area contributed by atoms with Crippen molar-refractivity contribution in [1.82, 2.24) is 9.62 Å². The third kappa shape index (κ3) is 4.44. The predicted octanol–water partition coefficient (Wildman–Crippen LogP) is 1.84. The molecule has 1 aliphatic heterocycles. The molecule has 0 spiro atoms. The van der Waals surface area contributed by atoms with Crippen molar-refractivity contribution in [2.45, 2.75) is 32.4 Å². The van der Waals surface area contributed by atoms with Gasteiger partial charge in [0.1, 0.15) is 5.75 Å². The number of hydrogen-bond donors (Lipinski definition) is 1. The second-order valence-electron chi connectivity index (χ2n) is 5.91. The minimum Gasteiger partial charge on any atom is -0.497 e. The van der Waals surface area contributed by atoms with Crippen molar-refractivity contribution in [3.05, 3.63) is 29.8 Å². The van der Waals surface area contributed by atoms with E-state index in [1.165, 1.54) is 11.8 Å². The Morgan fingerprint density at radius 3 is 2.55 bits per heavy atom. The summed E-state index contributed by atoms with van der Waals surface area (Å²) >= 11 is 0. The summed E-state index contributed by atoms with van der Waals surface area (Å²) in [5.41, 5.74) is 1.21. The third-order valence-corrected chi connectivity index (χ3v) is 5.69. The van der Waals surface area contributed by atoms with Gasteiger partial charge in [-0.2, -0.15) is 0 Å². The van der Waals surface area contributed by atoms with Gasteiger partial charge in [-0.3, -0.25) is 0 Å². The smallest absolute Gasteiger partial charge is 0.211 e. The van der Waals surface area contributed by atoms with Gasteiger partial charge in [0, 0.05) is 25.7 Å². The predicted molar refractivity (Wildman–Crippen MR) is 88.4 cm³/mol. The molecule has 0 saturated carbocycles. The van der Waals surface area contributed by atoms with Crippen molar-refractivity contribution in [2.75, 3.05) is 26.5 Å². The molecule has 1 N–H and O–H groups in total. The largest absolute Gasteiger partial charge is 0.497 e. The molecular weight excluding hydrogens is 300 g/mol. The van der Waals surface area contributed by atoms with E-state index in [9.17, 15) is 8.42 Å². The molecule has 6 heteroatoms. The zero-order valence-electron chi connectivity index (χ0n) is 13.6. The van der Waals surface area contributed by atoms with Crippen LogP contribution in [0.15, 0.2) is 24.3 Å². The number of methoxy groups -OCH3 is 1. The highest BCUT2D eigenvalue weighted by Gasteiger charge is 2.31. The van der Waals surface area contributed by atoms with Crippen LogP contribution in [0.3, 0.4) is 0 Å². The molecule has 1 fully saturated rings. The van der Waals surface area contributed by atoms with Crippen LogP contribution >= 0.6 is 0 Å². The molecule has 0 aliphatic carbocycles. The Bertz CT molecular complexity index is 572. The van der Waals surface area contributed by atoms with Crippen LogP contribution in [0.2, 0.25) is 0 Å². The highest BCUT2D eigenvalue weighted by molar-refractivity contribution is 7.88. The Kier molecular flexibility index (Phi) is 5.83. The van der Waals surface area contributed by atoms with E-state index in [4.69, 9.17) is 4.74 Å². The minimum atomic E-state index is -3.08. The van der Waals surface area contributed by atoms with Crippen molar-refractivity contribution < 1.29 is 13.2 Å². The van der Waals surface area contributed by atoms with Crippen LogP contribution < -0.4 is 10.1 Å². The number of hydrogen-bond acceptors (Lipinski definition) is 4. The van der Waals surface area contributed by atoms with Gasteiger partial charge in [0.15, 0.2) is 0 Å². The topological polar surface area (TPSA) is 58.6 Å². The third-order valence-electron chi connectivity index (χ3n) is 4.42. The Morgan fingerprint density at radius 1 is 1.32 bits per heavy atom. The average molecular weight is 326 g/mol. The normalized spacial score (nSPS) is 23.4. The second-order valence-corrected chi connectivity index (χ2v) is 7.90. The van der Waals surface area contributed by atoms with Crippen LogP contribution in [-0.4, -0.2) is 45.2 Å². The molecule has 0 unspecified atom stereocenters. The van der Waals surface area contributed by atoms with Crippen LogP contribution in [0.1, 0.15) is 25.3 Å². The van der Waals surface area contributed by atoms with Gasteiger partial charge in [-0.15, -0.1) is 0 Å². The van der Waals surface area contributed by atoms with E-state index in [-0.39, 0.29) is 0 Å². The fourth-order valence-corrected chi connectivity index (χ4v) is 3.87. The minimum absolute atomic E-state index is 0.363. The summed E-state index contributed by atoms with van der Waals surface area (Å²) in [6.07, 6.45) is 3.14. The van der Waals surface area contributed by atoms with Crippen molar-refractivity contribution in [3.63, 3.8) is 0 Å². The van der Waals surface area contributed by atoms with E-state index in [0.29, 0.717) is 25.0 Å². The van der Waals surface area contributed by atoms with Crippen molar-refractivity contribution in [3.8, 4) is 5.75 Å². The van der Waals surface area contributed by atoms with Crippen LogP contribution in [-0.2, 0) is 16.6 Å². The van der Waals surface area contributed by atoms with E-state index >= 15 is 0 Å². The number of nitrogens with zero attached hydrogens (tertiary/aromatic N) is 1. The van der Waals surface area contributed by atoms with Gasteiger partial charge >= 0.3 is 0 Å². The molecule has 0 radical (unpaired) electrons. The summed E-state index contributed by atoms with van der Waals surface area (Å²) in [6.45, 7) is 4.15. The molecule has 1 saturated heterocycles. The van der Waals surface area contributed by atoms with E-state index in [2.05, 4.69) is 24.4 Å². The summed E-state index contributed by atoms with van der Waals surface area (Å²) in [4.78, 5) is 0. The van der Waals surface area contributed by atoms with Crippen LogP contribution in [0, 0.1) is 5.92 Å². The molecule has 5 nitrogen and oxygen atoms in total. The van der Waals surface area contributed by atoms with Gasteiger partial charge in [-0.1, -0.05) is 25.5 Å². The lowest BCUT2D eigenvalue weighted by molar-refractivity contribution is 0.202. The maximum Gasteiger partial charge on any atom is 0.211 e. The maximum atomic E-state index is 11.7. The first-order valence-electron chi connectivity index (χ1n) is 7.75. The lowest BCUT2D eigenvalue weighted by atomic mass is 9.91. The van der Waals surface area contributed by atoms with Gasteiger partial charge in [-0.25, -0.2) is 12.7 Å². The Hall–Kier alpha value is -1.11. The van der Waals surface area contributed by atoms with Crippen LogP contribution in [0.5, 0.6) is 5.75 Å². The first-order chi connectivity index (χ1) is 10.4. The zero-order chi connectivity index (χ0) is 16.2. The van der Waals surface area contributed by atoms with Gasteiger partial charge in [-0.05, 0) is 30.0 Å². The standard InChI is InChI=1S/C16H26N2O3S/c1-4-14-12-18(22(3,19)20)10-9-16(14)17-11-13-5-7-15(21-2)8-6-13/h5-8,14,16-17H,4,9-12H2,1-3H3/t14-,16-/m0/s1. The Labute approximate surface area is 133 Å². The van der Waals surface area contributed by atoms with Gasteiger partial charge < -0.3 is 10.1 Å². The molecule has 1 aromatic rings. The molecule has 2 atom stereocenters. The van der Waals surface area contributed by atoms with Gasteiger partial charge in [0.25, 0.3) is 0 Å².